The van der Waals surface area contributed by atoms with Gasteiger partial charge in [-0.05, 0) is 6.42 Å². The molecule has 1 aromatic heterocycles. The van der Waals surface area contributed by atoms with E-state index in [0.717, 1.165) is 24.8 Å². The molecule has 0 saturated carbocycles. The number of nitrogens with zero attached hydrogens (tertiary/aromatic N) is 2. The number of anilines is 1. The first kappa shape index (κ1) is 20.5. The SMILES string of the molecule is CCCCC1Cc2cn(C3CC(O)C(COP(P)P)O3)c(=O)nc2NO1. The number of aliphatic hydroxyl groups is 1. The Morgan fingerprint density at radius 3 is 3.08 bits per heavy atom. The normalized spacial score (nSPS) is 28.2. The number of ether oxygens (including phenoxy) is 1. The Bertz CT molecular complexity index is 674. The Morgan fingerprint density at radius 1 is 1.54 bits per heavy atom. The molecular formula is C15H26N3O5P3. The molecule has 8 nitrogen and oxygen atoms in total. The molecule has 0 spiro atoms. The maximum absolute atomic E-state index is 12.4. The predicted molar refractivity (Wildman–Crippen MR) is 107 cm³/mol. The lowest BCUT2D eigenvalue weighted by Gasteiger charge is -2.26. The van der Waals surface area contributed by atoms with Crippen LogP contribution in [0, 0.1) is 0 Å². The first-order chi connectivity index (χ1) is 12.5. The third-order valence-electron chi connectivity index (χ3n) is 4.58. The van der Waals surface area contributed by atoms with E-state index in [2.05, 4.69) is 35.2 Å². The molecule has 0 aliphatic carbocycles. The van der Waals surface area contributed by atoms with Crippen molar-refractivity contribution in [1.82, 2.24) is 9.55 Å². The highest BCUT2D eigenvalue weighted by atomic mass is 32.4. The predicted octanol–water partition coefficient (Wildman–Crippen LogP) is 2.34. The Morgan fingerprint density at radius 2 is 2.35 bits per heavy atom. The maximum atomic E-state index is 12.4. The van der Waals surface area contributed by atoms with Gasteiger partial charge in [-0.3, -0.25) is 9.40 Å². The zero-order valence-electron chi connectivity index (χ0n) is 14.7. The van der Waals surface area contributed by atoms with E-state index in [9.17, 15) is 9.90 Å². The van der Waals surface area contributed by atoms with Gasteiger partial charge in [-0.15, -0.1) is 0 Å². The van der Waals surface area contributed by atoms with Crippen LogP contribution in [-0.4, -0.2) is 39.6 Å². The van der Waals surface area contributed by atoms with Gasteiger partial charge in [-0.25, -0.2) is 10.3 Å². The summed E-state index contributed by atoms with van der Waals surface area (Å²) in [6, 6.07) is 0. The van der Waals surface area contributed by atoms with Crippen molar-refractivity contribution in [3.63, 3.8) is 0 Å². The van der Waals surface area contributed by atoms with Gasteiger partial charge >= 0.3 is 5.69 Å². The van der Waals surface area contributed by atoms with Gasteiger partial charge < -0.3 is 14.4 Å². The van der Waals surface area contributed by atoms with Crippen LogP contribution in [0.4, 0.5) is 5.82 Å². The zero-order chi connectivity index (χ0) is 18.7. The van der Waals surface area contributed by atoms with Crippen molar-refractivity contribution >= 4 is 31.2 Å². The molecule has 0 bridgehead atoms. The summed E-state index contributed by atoms with van der Waals surface area (Å²) >= 11 is 0. The molecule has 6 atom stereocenters. The van der Waals surface area contributed by atoms with E-state index in [1.807, 2.05) is 0 Å². The number of aliphatic hydroxyl groups excluding tert-OH is 1. The molecule has 11 heteroatoms. The summed E-state index contributed by atoms with van der Waals surface area (Å²) in [6.45, 7) is 2.43. The number of rotatable bonds is 7. The Kier molecular flexibility index (Phi) is 7.38. The minimum absolute atomic E-state index is 0.0646. The fourth-order valence-electron chi connectivity index (χ4n) is 3.17. The van der Waals surface area contributed by atoms with Crippen molar-refractivity contribution in [1.29, 1.82) is 0 Å². The summed E-state index contributed by atoms with van der Waals surface area (Å²) in [4.78, 5) is 22.0. The van der Waals surface area contributed by atoms with Gasteiger partial charge in [0, 0.05) is 24.6 Å². The van der Waals surface area contributed by atoms with Crippen molar-refractivity contribution in [3.05, 3.63) is 22.2 Å². The van der Waals surface area contributed by atoms with Crippen molar-refractivity contribution in [2.45, 2.75) is 63.6 Å². The van der Waals surface area contributed by atoms with Gasteiger partial charge in [0.05, 0.1) is 26.3 Å². The number of hydrogen-bond acceptors (Lipinski definition) is 7. The lowest BCUT2D eigenvalue weighted by molar-refractivity contribution is -0.0388. The third kappa shape index (κ3) is 4.99. The number of unbranched alkanes of at least 4 members (excludes halogenated alkanes) is 1. The highest BCUT2D eigenvalue weighted by Gasteiger charge is 2.36. The minimum atomic E-state index is -0.688. The lowest BCUT2D eigenvalue weighted by Crippen LogP contribution is -2.33. The van der Waals surface area contributed by atoms with Crippen LogP contribution in [0.1, 0.15) is 44.4 Å². The van der Waals surface area contributed by atoms with E-state index < -0.39 is 31.7 Å². The van der Waals surface area contributed by atoms with Crippen LogP contribution < -0.4 is 11.2 Å². The molecule has 0 amide bonds. The van der Waals surface area contributed by atoms with Crippen LogP contribution in [0.3, 0.4) is 0 Å². The highest BCUT2D eigenvalue weighted by Crippen LogP contribution is 2.53. The molecule has 0 radical (unpaired) electrons. The summed E-state index contributed by atoms with van der Waals surface area (Å²) < 4.78 is 12.9. The van der Waals surface area contributed by atoms with Gasteiger partial charge in [-0.2, -0.15) is 4.98 Å². The average Bonchev–Trinajstić information content (AvgIpc) is 2.98. The lowest BCUT2D eigenvalue weighted by atomic mass is 10.0. The number of hydrogen-bond donors (Lipinski definition) is 2. The molecule has 6 unspecified atom stereocenters. The second-order valence-corrected chi connectivity index (χ2v) is 12.4. The van der Waals surface area contributed by atoms with E-state index in [0.29, 0.717) is 18.7 Å². The quantitative estimate of drug-likeness (QED) is 0.653. The van der Waals surface area contributed by atoms with E-state index in [1.165, 1.54) is 4.57 Å². The fourth-order valence-corrected chi connectivity index (χ4v) is 4.00. The number of aromatic nitrogens is 2. The summed E-state index contributed by atoms with van der Waals surface area (Å²) in [5.41, 5.74) is 3.29. The molecule has 1 aromatic rings. The summed E-state index contributed by atoms with van der Waals surface area (Å²) in [5.74, 6) is 0.467. The smallest absolute Gasteiger partial charge is 0.351 e. The number of nitrogens with one attached hydrogen (secondary N) is 1. The van der Waals surface area contributed by atoms with E-state index >= 15 is 0 Å². The van der Waals surface area contributed by atoms with Gasteiger partial charge in [0.2, 0.25) is 0 Å². The van der Waals surface area contributed by atoms with E-state index in [-0.39, 0.29) is 12.7 Å². The Hall–Kier alpha value is -0.190. The number of fused-ring (bicyclic) bond motifs is 1. The average molecular weight is 421 g/mol. The van der Waals surface area contributed by atoms with Crippen LogP contribution in [0.15, 0.2) is 11.0 Å². The van der Waals surface area contributed by atoms with E-state index in [1.54, 1.807) is 6.20 Å². The van der Waals surface area contributed by atoms with Crippen LogP contribution in [0.2, 0.25) is 0 Å². The van der Waals surface area contributed by atoms with Crippen LogP contribution in [0.25, 0.3) is 0 Å². The molecule has 2 aliphatic heterocycles. The molecule has 2 aliphatic rings. The van der Waals surface area contributed by atoms with Crippen LogP contribution >= 0.6 is 25.4 Å². The monoisotopic (exact) mass is 421 g/mol. The third-order valence-corrected chi connectivity index (χ3v) is 5.92. The largest absolute Gasteiger partial charge is 0.390 e. The van der Waals surface area contributed by atoms with Crippen molar-refractivity contribution < 1.29 is 19.2 Å². The van der Waals surface area contributed by atoms with Crippen molar-refractivity contribution in [2.75, 3.05) is 12.1 Å². The first-order valence-corrected chi connectivity index (χ1v) is 13.3. The summed E-state index contributed by atoms with van der Waals surface area (Å²) in [6.07, 6.45) is 4.35. The molecule has 3 rings (SSSR count). The first-order valence-electron chi connectivity index (χ1n) is 8.77. The molecule has 26 heavy (non-hydrogen) atoms. The van der Waals surface area contributed by atoms with Gasteiger partial charge in [0.25, 0.3) is 0 Å². The molecule has 3 heterocycles. The zero-order valence-corrected chi connectivity index (χ0v) is 17.9. The molecular weight excluding hydrogens is 395 g/mol. The van der Waals surface area contributed by atoms with Crippen LogP contribution in [0.5, 0.6) is 0 Å². The Labute approximate surface area is 158 Å². The van der Waals surface area contributed by atoms with E-state index in [4.69, 9.17) is 14.1 Å². The molecule has 1 fully saturated rings. The minimum Gasteiger partial charge on any atom is -0.390 e. The van der Waals surface area contributed by atoms with Crippen molar-refractivity contribution in [3.8, 4) is 0 Å². The standard InChI is InChI=1S/C15H26N3O5P3/c1-2-3-4-10-5-9-7-18(15(20)16-14(9)17-23-10)13-6-11(19)12(22-13)8-21-26(24)25/h7,10-13,19H,2-6,8,24-25H2,1H3,(H,16,17,20). The fraction of sp³-hybridized carbons (Fsp3) is 0.733. The highest BCUT2D eigenvalue weighted by molar-refractivity contribution is 8.41. The topological polar surface area (TPSA) is 94.8 Å². The summed E-state index contributed by atoms with van der Waals surface area (Å²) in [5, 5.41) is 10.2. The molecule has 146 valence electrons. The maximum Gasteiger partial charge on any atom is 0.351 e. The second-order valence-electron chi connectivity index (χ2n) is 6.58. The van der Waals surface area contributed by atoms with Gasteiger partial charge in [0.1, 0.15) is 12.3 Å². The van der Waals surface area contributed by atoms with Gasteiger partial charge in [0.15, 0.2) is 5.82 Å². The molecule has 1 saturated heterocycles. The molecule has 0 aromatic carbocycles. The van der Waals surface area contributed by atoms with Crippen LogP contribution in [-0.2, 0) is 20.5 Å². The Balaban J connectivity index is 1.72. The van der Waals surface area contributed by atoms with Gasteiger partial charge in [-0.1, -0.05) is 37.6 Å². The second kappa shape index (κ2) is 9.34. The van der Waals surface area contributed by atoms with Crippen molar-refractivity contribution in [2.24, 2.45) is 0 Å². The molecule has 2 N–H and O–H groups in total. The summed E-state index contributed by atoms with van der Waals surface area (Å²) in [7, 11) is 4.44.